The lowest BCUT2D eigenvalue weighted by atomic mass is 10.1. The van der Waals surface area contributed by atoms with Gasteiger partial charge in [-0.25, -0.2) is 8.42 Å². The monoisotopic (exact) mass is 392 g/mol. The zero-order valence-electron chi connectivity index (χ0n) is 13.9. The van der Waals surface area contributed by atoms with Gasteiger partial charge in [-0.05, 0) is 12.1 Å². The molecule has 1 amide bonds. The van der Waals surface area contributed by atoms with Crippen molar-refractivity contribution in [3.05, 3.63) is 29.8 Å². The molecule has 1 unspecified atom stereocenters. The van der Waals surface area contributed by atoms with Gasteiger partial charge in [-0.15, -0.1) is 0 Å². The number of rotatable bonds is 2. The lowest BCUT2D eigenvalue weighted by molar-refractivity contribution is -0.233. The minimum Gasteiger partial charge on any atom is -0.369 e. The molecule has 1 atom stereocenters. The summed E-state index contributed by atoms with van der Waals surface area (Å²) in [7, 11) is -3.08. The first kappa shape index (κ1) is 19.0. The van der Waals surface area contributed by atoms with Crippen molar-refractivity contribution >= 4 is 21.4 Å². The molecule has 0 bridgehead atoms. The fourth-order valence-electron chi connectivity index (χ4n) is 3.09. The number of carbonyl (C=O) groups excluding carboxylic acids is 1. The predicted molar refractivity (Wildman–Crippen MR) is 89.0 cm³/mol. The molecule has 2 saturated heterocycles. The molecular formula is C16H19F3N2O4S. The van der Waals surface area contributed by atoms with Crippen LogP contribution in [-0.2, 0) is 14.6 Å². The van der Waals surface area contributed by atoms with Crippen molar-refractivity contribution in [1.29, 1.82) is 0 Å². The number of benzene rings is 1. The summed E-state index contributed by atoms with van der Waals surface area (Å²) in [4.78, 5) is 15.7. The topological polar surface area (TPSA) is 66.9 Å². The summed E-state index contributed by atoms with van der Waals surface area (Å²) < 4.78 is 66.6. The second-order valence-corrected chi connectivity index (χ2v) is 8.61. The fraction of sp³-hybridized carbons (Fsp3) is 0.562. The average molecular weight is 392 g/mol. The second-order valence-electron chi connectivity index (χ2n) is 6.31. The molecule has 26 heavy (non-hydrogen) atoms. The van der Waals surface area contributed by atoms with Crippen LogP contribution in [0.1, 0.15) is 10.4 Å². The van der Waals surface area contributed by atoms with Gasteiger partial charge in [0.05, 0.1) is 30.2 Å². The lowest BCUT2D eigenvalue weighted by Gasteiger charge is -2.35. The van der Waals surface area contributed by atoms with E-state index in [0.717, 1.165) is 4.90 Å². The highest BCUT2D eigenvalue weighted by atomic mass is 32.2. The van der Waals surface area contributed by atoms with Crippen LogP contribution in [-0.4, -0.2) is 75.8 Å². The number of nitrogens with zero attached hydrogens (tertiary/aromatic N) is 2. The number of sulfone groups is 1. The van der Waals surface area contributed by atoms with Gasteiger partial charge in [-0.2, -0.15) is 13.2 Å². The largest absolute Gasteiger partial charge is 0.416 e. The van der Waals surface area contributed by atoms with E-state index in [2.05, 4.69) is 0 Å². The number of para-hydroxylation sites is 1. The summed E-state index contributed by atoms with van der Waals surface area (Å²) in [6.07, 6.45) is -6.52. The average Bonchev–Trinajstić information content (AvgIpc) is 2.60. The van der Waals surface area contributed by atoms with Crippen LogP contribution in [0.15, 0.2) is 24.3 Å². The number of morpholine rings is 1. The molecule has 0 aromatic heterocycles. The molecule has 1 aromatic rings. The van der Waals surface area contributed by atoms with Crippen molar-refractivity contribution in [3.63, 3.8) is 0 Å². The normalized spacial score (nSPS) is 23.7. The Kier molecular flexibility index (Phi) is 5.16. The number of amides is 1. The fourth-order valence-corrected chi connectivity index (χ4v) is 4.29. The van der Waals surface area contributed by atoms with Crippen LogP contribution in [0, 0.1) is 0 Å². The third-order valence-corrected chi connectivity index (χ3v) is 6.15. The number of halogens is 3. The van der Waals surface area contributed by atoms with Crippen molar-refractivity contribution in [2.75, 3.05) is 49.2 Å². The molecule has 0 aliphatic carbocycles. The van der Waals surface area contributed by atoms with Gasteiger partial charge < -0.3 is 14.5 Å². The lowest BCUT2D eigenvalue weighted by Crippen LogP contribution is -2.51. The first-order valence-corrected chi connectivity index (χ1v) is 10.0. The van der Waals surface area contributed by atoms with Crippen LogP contribution in [0.25, 0.3) is 0 Å². The Hall–Kier alpha value is -1.81. The molecule has 0 spiro atoms. The molecule has 3 rings (SSSR count). The van der Waals surface area contributed by atoms with E-state index >= 15 is 0 Å². The van der Waals surface area contributed by atoms with E-state index in [1.165, 1.54) is 0 Å². The minimum absolute atomic E-state index is 0.0107. The second kappa shape index (κ2) is 7.07. The highest BCUT2D eigenvalue weighted by molar-refractivity contribution is 7.91. The molecule has 10 heteroatoms. The molecular weight excluding hydrogens is 373 g/mol. The van der Waals surface area contributed by atoms with Gasteiger partial charge in [-0.1, -0.05) is 12.1 Å². The number of hydrogen-bond donors (Lipinski definition) is 0. The first-order chi connectivity index (χ1) is 12.2. The Balaban J connectivity index is 1.80. The van der Waals surface area contributed by atoms with Crippen LogP contribution in [0.5, 0.6) is 0 Å². The molecule has 144 valence electrons. The molecule has 2 aliphatic rings. The Morgan fingerprint density at radius 3 is 2.42 bits per heavy atom. The standard InChI is InChI=1S/C16H19F3N2O4S/c17-16(18,19)14-11-21(5-8-25-14)15(22)12-3-1-2-4-13(12)20-6-9-26(23,24)10-7-20/h1-4,14H,5-11H2. The molecule has 0 N–H and O–H groups in total. The molecule has 2 aliphatic heterocycles. The first-order valence-electron chi connectivity index (χ1n) is 8.19. The smallest absolute Gasteiger partial charge is 0.369 e. The van der Waals surface area contributed by atoms with Gasteiger partial charge >= 0.3 is 6.18 Å². The third kappa shape index (κ3) is 4.12. The molecule has 0 radical (unpaired) electrons. The van der Waals surface area contributed by atoms with Crippen LogP contribution < -0.4 is 4.90 Å². The van der Waals surface area contributed by atoms with Crippen molar-refractivity contribution in [1.82, 2.24) is 4.90 Å². The number of hydrogen-bond acceptors (Lipinski definition) is 5. The summed E-state index contributed by atoms with van der Waals surface area (Å²) >= 11 is 0. The van der Waals surface area contributed by atoms with Crippen LogP contribution in [0.2, 0.25) is 0 Å². The zero-order valence-corrected chi connectivity index (χ0v) is 14.7. The third-order valence-electron chi connectivity index (χ3n) is 4.54. The summed E-state index contributed by atoms with van der Waals surface area (Å²) in [6.45, 7) is -0.152. The van der Waals surface area contributed by atoms with E-state index < -0.39 is 34.6 Å². The van der Waals surface area contributed by atoms with Gasteiger partial charge in [0.1, 0.15) is 0 Å². The van der Waals surface area contributed by atoms with E-state index in [9.17, 15) is 26.4 Å². The number of anilines is 1. The van der Waals surface area contributed by atoms with E-state index in [-0.39, 0.29) is 43.3 Å². The number of carbonyl (C=O) groups is 1. The van der Waals surface area contributed by atoms with E-state index in [0.29, 0.717) is 5.69 Å². The van der Waals surface area contributed by atoms with Crippen molar-refractivity contribution in [2.24, 2.45) is 0 Å². The highest BCUT2D eigenvalue weighted by Gasteiger charge is 2.44. The van der Waals surface area contributed by atoms with Crippen molar-refractivity contribution < 1.29 is 31.1 Å². The Labute approximate surface area is 149 Å². The Morgan fingerprint density at radius 2 is 1.77 bits per heavy atom. The summed E-state index contributed by atoms with van der Waals surface area (Å²) in [5.74, 6) is -0.529. The number of ether oxygens (including phenoxy) is 1. The van der Waals surface area contributed by atoms with Gasteiger partial charge in [0, 0.05) is 25.3 Å². The quantitative estimate of drug-likeness (QED) is 0.760. The summed E-state index contributed by atoms with van der Waals surface area (Å²) in [6, 6.07) is 6.60. The summed E-state index contributed by atoms with van der Waals surface area (Å²) in [5.41, 5.74) is 0.817. The van der Waals surface area contributed by atoms with Gasteiger partial charge in [0.2, 0.25) is 0 Å². The maximum Gasteiger partial charge on any atom is 0.416 e. The van der Waals surface area contributed by atoms with Gasteiger partial charge in [0.25, 0.3) is 5.91 Å². The van der Waals surface area contributed by atoms with E-state index in [1.54, 1.807) is 29.2 Å². The van der Waals surface area contributed by atoms with Crippen molar-refractivity contribution in [2.45, 2.75) is 12.3 Å². The van der Waals surface area contributed by atoms with Gasteiger partial charge in [0.15, 0.2) is 15.9 Å². The number of alkyl halides is 3. The van der Waals surface area contributed by atoms with Crippen LogP contribution in [0.3, 0.4) is 0 Å². The highest BCUT2D eigenvalue weighted by Crippen LogP contribution is 2.28. The molecule has 2 heterocycles. The van der Waals surface area contributed by atoms with Crippen LogP contribution >= 0.6 is 0 Å². The predicted octanol–water partition coefficient (Wildman–Crippen LogP) is 1.32. The maximum absolute atomic E-state index is 12.9. The zero-order chi connectivity index (χ0) is 18.9. The Bertz CT molecular complexity index is 768. The maximum atomic E-state index is 12.9. The van der Waals surface area contributed by atoms with Crippen molar-refractivity contribution in [3.8, 4) is 0 Å². The van der Waals surface area contributed by atoms with Crippen LogP contribution in [0.4, 0.5) is 18.9 Å². The van der Waals surface area contributed by atoms with Gasteiger partial charge in [-0.3, -0.25) is 4.79 Å². The van der Waals surface area contributed by atoms with E-state index in [4.69, 9.17) is 4.74 Å². The molecule has 6 nitrogen and oxygen atoms in total. The SMILES string of the molecule is O=C(c1ccccc1N1CCS(=O)(=O)CC1)N1CCOC(C(F)(F)F)C1. The molecule has 0 saturated carbocycles. The molecule has 2 fully saturated rings. The summed E-state index contributed by atoms with van der Waals surface area (Å²) in [5, 5.41) is 0. The van der Waals surface area contributed by atoms with E-state index in [1.807, 2.05) is 0 Å². The molecule has 1 aromatic carbocycles. The minimum atomic E-state index is -4.53. The Morgan fingerprint density at radius 1 is 1.12 bits per heavy atom.